The number of hydrogen-bond acceptors (Lipinski definition) is 7. The quantitative estimate of drug-likeness (QED) is 0.508. The molecular weight excluding hydrogens is 534 g/mol. The number of nitrogens with one attached hydrogen (secondary N) is 1. The first-order chi connectivity index (χ1) is 19.0. The molecule has 2 saturated heterocycles. The van der Waals surface area contributed by atoms with E-state index in [-0.39, 0.29) is 42.9 Å². The number of hydrogen-bond donors (Lipinski definition) is 1. The molecule has 0 spiro atoms. The SMILES string of the molecule is C[C@H]1CCCCC/C=C\[C@@H]2C[C@@]2(C(=O)NS(=O)(=O)C2(C)CC2)CC(=O)[C@@H]2C[C@@H](OC(=O)N3CCCC3)CN2C1=O. The predicted octanol–water partition coefficient (Wildman–Crippen LogP) is 3.31. The molecule has 4 fully saturated rings. The Kier molecular flexibility index (Phi) is 8.07. The lowest BCUT2D eigenvalue weighted by molar-refractivity contribution is -0.141. The number of rotatable bonds is 4. The fourth-order valence-corrected chi connectivity index (χ4v) is 7.79. The van der Waals surface area contributed by atoms with Gasteiger partial charge in [-0.15, -0.1) is 0 Å². The lowest BCUT2D eigenvalue weighted by atomic mass is 9.91. The van der Waals surface area contributed by atoms with Crippen LogP contribution in [0, 0.1) is 17.3 Å². The van der Waals surface area contributed by atoms with Crippen molar-refractivity contribution in [1.29, 1.82) is 0 Å². The van der Waals surface area contributed by atoms with Gasteiger partial charge >= 0.3 is 6.09 Å². The van der Waals surface area contributed by atoms with Gasteiger partial charge in [0.15, 0.2) is 5.78 Å². The molecular formula is C29H43N3O7S. The zero-order valence-electron chi connectivity index (χ0n) is 23.7. The Hall–Kier alpha value is -2.43. The number of ketones is 1. The van der Waals surface area contributed by atoms with Crippen LogP contribution in [0.5, 0.6) is 0 Å². The summed E-state index contributed by atoms with van der Waals surface area (Å²) < 4.78 is 32.9. The normalized spacial score (nSPS) is 35.1. The molecule has 1 N–H and O–H groups in total. The molecule has 10 nitrogen and oxygen atoms in total. The van der Waals surface area contributed by atoms with E-state index >= 15 is 0 Å². The zero-order valence-corrected chi connectivity index (χ0v) is 24.5. The molecule has 11 heteroatoms. The van der Waals surface area contributed by atoms with E-state index in [0.717, 1.165) is 38.5 Å². The number of likely N-dealkylation sites (tertiary alicyclic amines) is 1. The number of fused-ring (bicyclic) bond motifs is 2. The summed E-state index contributed by atoms with van der Waals surface area (Å²) in [5.41, 5.74) is -1.16. The standard InChI is InChI=1S/C29H43N3O7S/c1-20-10-6-4-3-5-7-11-21-17-29(21,26(35)30-40(37,38)28(2)12-13-28)18-24(33)23-16-22(19-32(23)25(20)34)39-27(36)31-14-8-9-15-31/h7,11,20-23H,3-6,8-10,12-19H2,1-2H3,(H,30,35)/b11-7-/t20-,21+,22+,23-,29+/m0/s1. The first-order valence-electron chi connectivity index (χ1n) is 15.0. The Morgan fingerprint density at radius 1 is 1.07 bits per heavy atom. The summed E-state index contributed by atoms with van der Waals surface area (Å²) in [6.45, 7) is 4.93. The van der Waals surface area contributed by atoms with Gasteiger partial charge in [0.1, 0.15) is 6.10 Å². The van der Waals surface area contributed by atoms with Crippen molar-refractivity contribution in [2.45, 2.75) is 108 Å². The van der Waals surface area contributed by atoms with Gasteiger partial charge in [-0.3, -0.25) is 19.1 Å². The number of amides is 3. The summed E-state index contributed by atoms with van der Waals surface area (Å²) in [5, 5.41) is 0. The monoisotopic (exact) mass is 577 g/mol. The first kappa shape index (κ1) is 29.1. The molecule has 5 aliphatic rings. The molecule has 0 radical (unpaired) electrons. The number of sulfonamides is 1. The maximum absolute atomic E-state index is 13.9. The van der Waals surface area contributed by atoms with Gasteiger partial charge in [0.05, 0.1) is 22.7 Å². The van der Waals surface area contributed by atoms with Crippen LogP contribution < -0.4 is 4.72 Å². The zero-order chi connectivity index (χ0) is 28.7. The summed E-state index contributed by atoms with van der Waals surface area (Å²) in [5.74, 6) is -1.57. The Morgan fingerprint density at radius 2 is 1.80 bits per heavy atom. The van der Waals surface area contributed by atoms with Gasteiger partial charge in [0, 0.05) is 31.8 Å². The fraction of sp³-hybridized carbons (Fsp3) is 0.793. The number of ether oxygens (including phenoxy) is 1. The van der Waals surface area contributed by atoms with Crippen LogP contribution in [0.4, 0.5) is 4.79 Å². The van der Waals surface area contributed by atoms with E-state index < -0.39 is 44.3 Å². The molecule has 3 heterocycles. The van der Waals surface area contributed by atoms with E-state index in [1.807, 2.05) is 19.1 Å². The first-order valence-corrected chi connectivity index (χ1v) is 16.5. The molecule has 0 aromatic carbocycles. The van der Waals surface area contributed by atoms with Gasteiger partial charge in [-0.25, -0.2) is 13.2 Å². The molecule has 3 aliphatic heterocycles. The molecule has 5 atom stereocenters. The molecule has 2 aliphatic carbocycles. The Labute approximate surface area is 237 Å². The average molecular weight is 578 g/mol. The Balaban J connectivity index is 1.37. The number of carbonyl (C=O) groups is 4. The van der Waals surface area contributed by atoms with Crippen molar-refractivity contribution in [2.75, 3.05) is 19.6 Å². The second kappa shape index (κ2) is 11.1. The minimum atomic E-state index is -3.86. The number of carbonyl (C=O) groups excluding carboxylic acids is 4. The second-order valence-corrected chi connectivity index (χ2v) is 15.1. The number of nitrogens with zero attached hydrogens (tertiary/aromatic N) is 2. The topological polar surface area (TPSA) is 130 Å². The highest BCUT2D eigenvalue weighted by Gasteiger charge is 2.62. The van der Waals surface area contributed by atoms with Crippen molar-refractivity contribution in [3.8, 4) is 0 Å². The van der Waals surface area contributed by atoms with Gasteiger partial charge in [-0.2, -0.15) is 0 Å². The number of Topliss-reactive ketones (excluding diaryl/α,β-unsaturated/α-hetero) is 1. The Morgan fingerprint density at radius 3 is 2.50 bits per heavy atom. The molecule has 0 unspecified atom stereocenters. The number of allylic oxidation sites excluding steroid dienone is 2. The highest BCUT2D eigenvalue weighted by atomic mass is 32.2. The lowest BCUT2D eigenvalue weighted by Gasteiger charge is -2.28. The van der Waals surface area contributed by atoms with E-state index in [9.17, 15) is 27.6 Å². The van der Waals surface area contributed by atoms with E-state index in [0.29, 0.717) is 38.8 Å². The smallest absolute Gasteiger partial charge is 0.410 e. The van der Waals surface area contributed by atoms with Crippen LogP contribution in [0.15, 0.2) is 12.2 Å². The lowest BCUT2D eigenvalue weighted by Crippen LogP contribution is -2.46. The molecule has 0 bridgehead atoms. The van der Waals surface area contributed by atoms with Crippen LogP contribution in [-0.4, -0.2) is 78.4 Å². The van der Waals surface area contributed by atoms with Crippen molar-refractivity contribution >= 4 is 33.7 Å². The van der Waals surface area contributed by atoms with Crippen molar-refractivity contribution in [1.82, 2.24) is 14.5 Å². The molecule has 3 amide bonds. The van der Waals surface area contributed by atoms with Gasteiger partial charge in [0.2, 0.25) is 21.8 Å². The molecule has 222 valence electrons. The highest BCUT2D eigenvalue weighted by molar-refractivity contribution is 7.91. The third-order valence-corrected chi connectivity index (χ3v) is 11.9. The van der Waals surface area contributed by atoms with Crippen molar-refractivity contribution in [2.24, 2.45) is 17.3 Å². The van der Waals surface area contributed by atoms with Crippen molar-refractivity contribution in [3.05, 3.63) is 12.2 Å². The van der Waals surface area contributed by atoms with Crippen LogP contribution in [0.25, 0.3) is 0 Å². The molecule has 40 heavy (non-hydrogen) atoms. The van der Waals surface area contributed by atoms with E-state index in [1.165, 1.54) is 0 Å². The fourth-order valence-electron chi connectivity index (χ4n) is 6.46. The van der Waals surface area contributed by atoms with Crippen LogP contribution >= 0.6 is 0 Å². The van der Waals surface area contributed by atoms with E-state index in [1.54, 1.807) is 16.7 Å². The maximum Gasteiger partial charge on any atom is 0.410 e. The molecule has 0 aromatic rings. The van der Waals surface area contributed by atoms with Crippen molar-refractivity contribution < 1.29 is 32.3 Å². The summed E-state index contributed by atoms with van der Waals surface area (Å²) in [4.78, 5) is 56.9. The van der Waals surface area contributed by atoms with Crippen LogP contribution in [0.3, 0.4) is 0 Å². The minimum Gasteiger partial charge on any atom is -0.444 e. The summed E-state index contributed by atoms with van der Waals surface area (Å²) >= 11 is 0. The van der Waals surface area contributed by atoms with Crippen LogP contribution in [-0.2, 0) is 29.1 Å². The highest BCUT2D eigenvalue weighted by Crippen LogP contribution is 2.57. The van der Waals surface area contributed by atoms with Gasteiger partial charge in [-0.1, -0.05) is 31.9 Å². The summed E-state index contributed by atoms with van der Waals surface area (Å²) in [7, 11) is -3.86. The maximum atomic E-state index is 13.9. The van der Waals surface area contributed by atoms with Gasteiger partial charge in [0.25, 0.3) is 0 Å². The summed E-state index contributed by atoms with van der Waals surface area (Å²) in [6, 6.07) is -0.816. The van der Waals surface area contributed by atoms with E-state index in [4.69, 9.17) is 4.74 Å². The van der Waals surface area contributed by atoms with Crippen LogP contribution in [0.2, 0.25) is 0 Å². The van der Waals surface area contributed by atoms with Crippen molar-refractivity contribution in [3.63, 3.8) is 0 Å². The Bertz CT molecular complexity index is 1170. The predicted molar refractivity (Wildman–Crippen MR) is 147 cm³/mol. The molecule has 5 rings (SSSR count). The molecule has 2 saturated carbocycles. The third kappa shape index (κ3) is 5.81. The van der Waals surface area contributed by atoms with Gasteiger partial charge in [-0.05, 0) is 64.2 Å². The van der Waals surface area contributed by atoms with E-state index in [2.05, 4.69) is 4.72 Å². The summed E-state index contributed by atoms with van der Waals surface area (Å²) in [6.07, 6.45) is 10.6. The van der Waals surface area contributed by atoms with Crippen LogP contribution in [0.1, 0.15) is 90.9 Å². The minimum absolute atomic E-state index is 0.138. The second-order valence-electron chi connectivity index (χ2n) is 12.9. The molecule has 0 aromatic heterocycles. The van der Waals surface area contributed by atoms with Gasteiger partial charge < -0.3 is 14.5 Å². The third-order valence-electron chi connectivity index (χ3n) is 9.75. The average Bonchev–Trinajstić information content (AvgIpc) is 3.65. The largest absolute Gasteiger partial charge is 0.444 e.